The van der Waals surface area contributed by atoms with Crippen LogP contribution in [-0.2, 0) is 0 Å². The summed E-state index contributed by atoms with van der Waals surface area (Å²) in [6, 6.07) is -0.0376. The summed E-state index contributed by atoms with van der Waals surface area (Å²) in [5, 5.41) is 8.96. The quantitative estimate of drug-likeness (QED) is 0.607. The Kier molecular flexibility index (Phi) is 1.93. The number of aliphatic hydroxyl groups is 1. The molecule has 1 rings (SSSR count). The Bertz CT molecular complexity index is 174. The number of hydrogen-bond donors (Lipinski definition) is 2. The van der Waals surface area contributed by atoms with Crippen molar-refractivity contribution < 1.29 is 5.11 Å². The topological polar surface area (TPSA) is 46.2 Å². The highest BCUT2D eigenvalue weighted by atomic mass is 79.9. The molecule has 0 aromatic rings. The Hall–Kier alpha value is -0.280. The summed E-state index contributed by atoms with van der Waals surface area (Å²) in [6.07, 6.45) is 4.07. The minimum atomic E-state index is -0.0376. The summed E-state index contributed by atoms with van der Waals surface area (Å²) < 4.78 is 0.860. The molecule has 3 N–H and O–H groups in total. The summed E-state index contributed by atoms with van der Waals surface area (Å²) in [5.74, 6) is 0.344. The van der Waals surface area contributed by atoms with E-state index in [1.165, 1.54) is 0 Å². The largest absolute Gasteiger partial charge is 0.512 e. The lowest BCUT2D eigenvalue weighted by molar-refractivity contribution is 0.379. The standard InChI is InChI=1S/C6H8BrNO/c7-4-1-5(8)3-6(9)2-4/h1-2,5,9H,3,8H2. The number of hydrogen-bond acceptors (Lipinski definition) is 2. The molecule has 1 aliphatic rings. The fraction of sp³-hybridized carbons (Fsp3) is 0.333. The van der Waals surface area contributed by atoms with Gasteiger partial charge in [-0.2, -0.15) is 0 Å². The smallest absolute Gasteiger partial charge is 0.0952 e. The SMILES string of the molecule is NC1C=C(Br)C=C(O)C1. The molecule has 50 valence electrons. The van der Waals surface area contributed by atoms with Crippen molar-refractivity contribution in [1.82, 2.24) is 0 Å². The first-order valence-electron chi connectivity index (χ1n) is 2.71. The highest BCUT2D eigenvalue weighted by Gasteiger charge is 2.07. The Morgan fingerprint density at radius 3 is 2.89 bits per heavy atom. The van der Waals surface area contributed by atoms with Crippen LogP contribution in [0.4, 0.5) is 0 Å². The summed E-state index contributed by atoms with van der Waals surface area (Å²) in [7, 11) is 0. The van der Waals surface area contributed by atoms with Gasteiger partial charge < -0.3 is 10.8 Å². The van der Waals surface area contributed by atoms with Gasteiger partial charge >= 0.3 is 0 Å². The van der Waals surface area contributed by atoms with Crippen molar-refractivity contribution in [2.24, 2.45) is 5.73 Å². The van der Waals surface area contributed by atoms with Gasteiger partial charge in [0.25, 0.3) is 0 Å². The highest BCUT2D eigenvalue weighted by molar-refractivity contribution is 9.11. The monoisotopic (exact) mass is 189 g/mol. The van der Waals surface area contributed by atoms with E-state index in [4.69, 9.17) is 10.8 Å². The molecule has 0 aromatic carbocycles. The van der Waals surface area contributed by atoms with Crippen LogP contribution in [0, 0.1) is 0 Å². The van der Waals surface area contributed by atoms with Crippen molar-refractivity contribution in [1.29, 1.82) is 0 Å². The van der Waals surface area contributed by atoms with E-state index in [1.807, 2.05) is 6.08 Å². The van der Waals surface area contributed by atoms with Gasteiger partial charge in [-0.3, -0.25) is 0 Å². The molecule has 0 bridgehead atoms. The Morgan fingerprint density at radius 2 is 2.44 bits per heavy atom. The zero-order chi connectivity index (χ0) is 6.85. The molecule has 0 radical (unpaired) electrons. The van der Waals surface area contributed by atoms with Crippen molar-refractivity contribution >= 4 is 15.9 Å². The Balaban J connectivity index is 2.74. The number of allylic oxidation sites excluding steroid dienone is 2. The first-order valence-corrected chi connectivity index (χ1v) is 3.50. The second-order valence-electron chi connectivity index (χ2n) is 2.06. The first kappa shape index (κ1) is 6.83. The molecule has 0 amide bonds. The molecule has 0 saturated carbocycles. The summed E-state index contributed by atoms with van der Waals surface area (Å²) in [4.78, 5) is 0. The molecule has 0 aromatic heterocycles. The van der Waals surface area contributed by atoms with Gasteiger partial charge in [0.15, 0.2) is 0 Å². The maximum absolute atomic E-state index is 8.96. The van der Waals surface area contributed by atoms with Gasteiger partial charge in [-0.1, -0.05) is 22.0 Å². The average Bonchev–Trinajstić information content (AvgIpc) is 1.59. The summed E-state index contributed by atoms with van der Waals surface area (Å²) in [6.45, 7) is 0. The van der Waals surface area contributed by atoms with Crippen molar-refractivity contribution in [2.75, 3.05) is 0 Å². The van der Waals surface area contributed by atoms with Gasteiger partial charge in [-0.15, -0.1) is 0 Å². The fourth-order valence-electron chi connectivity index (χ4n) is 0.771. The van der Waals surface area contributed by atoms with Crippen LogP contribution in [0.25, 0.3) is 0 Å². The van der Waals surface area contributed by atoms with Crippen LogP contribution in [0.15, 0.2) is 22.4 Å². The first-order chi connectivity index (χ1) is 4.18. The fourth-order valence-corrected chi connectivity index (χ4v) is 1.37. The third-order valence-corrected chi connectivity index (χ3v) is 1.62. The van der Waals surface area contributed by atoms with Crippen LogP contribution < -0.4 is 5.73 Å². The van der Waals surface area contributed by atoms with Gasteiger partial charge in [0, 0.05) is 16.9 Å². The third kappa shape index (κ3) is 1.84. The molecular formula is C6H8BrNO. The minimum absolute atomic E-state index is 0.0376. The van der Waals surface area contributed by atoms with Gasteiger partial charge in [-0.05, 0) is 6.08 Å². The lowest BCUT2D eigenvalue weighted by Gasteiger charge is -2.10. The van der Waals surface area contributed by atoms with Crippen LogP contribution in [0.3, 0.4) is 0 Å². The van der Waals surface area contributed by atoms with E-state index < -0.39 is 0 Å². The molecule has 0 heterocycles. The van der Waals surface area contributed by atoms with E-state index in [9.17, 15) is 0 Å². The Labute approximate surface area is 62.2 Å². The number of aliphatic hydroxyl groups excluding tert-OH is 1. The van der Waals surface area contributed by atoms with E-state index in [2.05, 4.69) is 15.9 Å². The molecule has 2 nitrogen and oxygen atoms in total. The van der Waals surface area contributed by atoms with Crippen LogP contribution in [0.1, 0.15) is 6.42 Å². The van der Waals surface area contributed by atoms with Gasteiger partial charge in [0.05, 0.1) is 5.76 Å². The summed E-state index contributed by atoms with van der Waals surface area (Å²) in [5.41, 5.74) is 5.51. The zero-order valence-electron chi connectivity index (χ0n) is 4.84. The summed E-state index contributed by atoms with van der Waals surface area (Å²) >= 11 is 3.21. The normalized spacial score (nSPS) is 27.1. The second kappa shape index (κ2) is 2.54. The molecule has 0 aliphatic heterocycles. The molecule has 1 unspecified atom stereocenters. The highest BCUT2D eigenvalue weighted by Crippen LogP contribution is 2.18. The number of halogens is 1. The molecule has 9 heavy (non-hydrogen) atoms. The van der Waals surface area contributed by atoms with E-state index in [0.29, 0.717) is 12.2 Å². The predicted molar refractivity (Wildman–Crippen MR) is 40.3 cm³/mol. The molecule has 1 aliphatic carbocycles. The van der Waals surface area contributed by atoms with Crippen molar-refractivity contribution in [3.8, 4) is 0 Å². The van der Waals surface area contributed by atoms with Crippen molar-refractivity contribution in [3.63, 3.8) is 0 Å². The lowest BCUT2D eigenvalue weighted by Crippen LogP contribution is -2.19. The molecular weight excluding hydrogens is 182 g/mol. The van der Waals surface area contributed by atoms with E-state index in [1.54, 1.807) is 6.08 Å². The van der Waals surface area contributed by atoms with Gasteiger partial charge in [0.2, 0.25) is 0 Å². The molecule has 0 saturated heterocycles. The van der Waals surface area contributed by atoms with Gasteiger partial charge in [0.1, 0.15) is 0 Å². The van der Waals surface area contributed by atoms with Crippen molar-refractivity contribution in [3.05, 3.63) is 22.4 Å². The second-order valence-corrected chi connectivity index (χ2v) is 2.97. The number of rotatable bonds is 0. The van der Waals surface area contributed by atoms with Crippen LogP contribution >= 0.6 is 15.9 Å². The molecule has 0 fully saturated rings. The van der Waals surface area contributed by atoms with E-state index >= 15 is 0 Å². The molecule has 1 atom stereocenters. The van der Waals surface area contributed by atoms with Crippen LogP contribution in [0.2, 0.25) is 0 Å². The zero-order valence-corrected chi connectivity index (χ0v) is 6.43. The maximum Gasteiger partial charge on any atom is 0.0952 e. The molecule has 3 heteroatoms. The lowest BCUT2D eigenvalue weighted by atomic mass is 10.1. The predicted octanol–water partition coefficient (Wildman–Crippen LogP) is 1.44. The van der Waals surface area contributed by atoms with Crippen LogP contribution in [-0.4, -0.2) is 11.1 Å². The van der Waals surface area contributed by atoms with E-state index in [0.717, 1.165) is 4.48 Å². The van der Waals surface area contributed by atoms with Gasteiger partial charge in [-0.25, -0.2) is 0 Å². The van der Waals surface area contributed by atoms with E-state index in [-0.39, 0.29) is 6.04 Å². The van der Waals surface area contributed by atoms with Crippen molar-refractivity contribution in [2.45, 2.75) is 12.5 Å². The molecule has 0 spiro atoms. The minimum Gasteiger partial charge on any atom is -0.512 e. The van der Waals surface area contributed by atoms with Crippen LogP contribution in [0.5, 0.6) is 0 Å². The third-order valence-electron chi connectivity index (χ3n) is 1.12. The Morgan fingerprint density at radius 1 is 1.78 bits per heavy atom. The average molecular weight is 190 g/mol. The maximum atomic E-state index is 8.96. The number of nitrogens with two attached hydrogens (primary N) is 1.